The van der Waals surface area contributed by atoms with E-state index < -0.39 is 0 Å². The van der Waals surface area contributed by atoms with Crippen molar-refractivity contribution < 1.29 is 6.16 Å². The fourth-order valence-corrected chi connectivity index (χ4v) is 2.61. The van der Waals surface area contributed by atoms with E-state index >= 15 is 0 Å². The van der Waals surface area contributed by atoms with Crippen molar-refractivity contribution in [3.8, 4) is 0 Å². The molecule has 126 valence electrons. The smallest absolute Gasteiger partial charge is 0.0591 e. The van der Waals surface area contributed by atoms with Crippen LogP contribution in [-0.4, -0.2) is 57.9 Å². The molecule has 0 amide bonds. The highest BCUT2D eigenvalue weighted by Crippen LogP contribution is 2.16. The monoisotopic (exact) mass is 307 g/mol. The van der Waals surface area contributed by atoms with Gasteiger partial charge < -0.3 is 19.9 Å². The van der Waals surface area contributed by atoms with E-state index in [1.807, 2.05) is 0 Å². The number of ether oxygens (including phenoxy) is 1. The second kappa shape index (κ2) is 9.82. The predicted molar refractivity (Wildman–Crippen MR) is 95.7 cm³/mol. The van der Waals surface area contributed by atoms with Gasteiger partial charge in [0.25, 0.3) is 0 Å². The summed E-state index contributed by atoms with van der Waals surface area (Å²) in [5, 5.41) is 3.44. The average molecular weight is 307 g/mol. The molecule has 1 aromatic carbocycles. The van der Waals surface area contributed by atoms with Gasteiger partial charge in [0.2, 0.25) is 0 Å². The highest BCUT2D eigenvalue weighted by molar-refractivity contribution is 5.48. The van der Waals surface area contributed by atoms with Crippen LogP contribution in [0.25, 0.3) is 0 Å². The molecule has 22 heavy (non-hydrogen) atoms. The van der Waals surface area contributed by atoms with Gasteiger partial charge in [-0.25, -0.2) is 0 Å². The van der Waals surface area contributed by atoms with Crippen molar-refractivity contribution in [2.45, 2.75) is 26.3 Å². The summed E-state index contributed by atoms with van der Waals surface area (Å²) in [6.45, 7) is 10.3. The minimum atomic E-state index is 0. The fourth-order valence-electron chi connectivity index (χ4n) is 2.61. The molecule has 4 heteroatoms. The first-order valence-corrected chi connectivity index (χ1v) is 8.60. The van der Waals surface area contributed by atoms with E-state index in [4.69, 9.17) is 4.74 Å². The van der Waals surface area contributed by atoms with Gasteiger partial charge in [-0.05, 0) is 31.2 Å². The van der Waals surface area contributed by atoms with Gasteiger partial charge in [0.1, 0.15) is 0 Å². The highest BCUT2D eigenvalue weighted by Gasteiger charge is 2.13. The summed E-state index contributed by atoms with van der Waals surface area (Å²) in [5.74, 6) is 0. The van der Waals surface area contributed by atoms with Crippen LogP contribution in [-0.2, 0) is 11.3 Å². The molecule has 0 aliphatic carbocycles. The number of piperazine rings is 1. The number of benzene rings is 1. The number of nitrogens with zero attached hydrogens (tertiary/aromatic N) is 2. The number of hydrogen-bond acceptors (Lipinski definition) is 4. The number of rotatable bonds is 9. The Bertz CT molecular complexity index is 405. The lowest BCUT2D eigenvalue weighted by atomic mass is 10.2. The first-order chi connectivity index (χ1) is 10.8. The quantitative estimate of drug-likeness (QED) is 0.710. The zero-order valence-corrected chi connectivity index (χ0v) is 14.2. The molecule has 1 fully saturated rings. The Balaban J connectivity index is 0.00000264. The molecule has 1 heterocycles. The molecule has 0 radical (unpaired) electrons. The van der Waals surface area contributed by atoms with E-state index in [0.29, 0.717) is 0 Å². The fraction of sp³-hybridized carbons (Fsp3) is 0.667. The summed E-state index contributed by atoms with van der Waals surface area (Å²) >= 11 is 0. The molecular weight excluding hydrogens is 274 g/mol. The number of nitrogens with one attached hydrogen (secondary N) is 1. The summed E-state index contributed by atoms with van der Waals surface area (Å²) < 4.78 is 5.55. The molecule has 0 aromatic heterocycles. The Morgan fingerprint density at radius 1 is 1.09 bits per heavy atom. The van der Waals surface area contributed by atoms with E-state index in [0.717, 1.165) is 58.9 Å². The first kappa shape index (κ1) is 17.3. The lowest BCUT2D eigenvalue weighted by Gasteiger charge is -2.34. The number of likely N-dealkylation sites (N-methyl/N-ethyl adjacent to an activating group) is 1. The summed E-state index contributed by atoms with van der Waals surface area (Å²) in [6.07, 6.45) is 2.36. The van der Waals surface area contributed by atoms with E-state index in [1.165, 1.54) is 17.7 Å². The zero-order valence-electron chi connectivity index (χ0n) is 14.2. The van der Waals surface area contributed by atoms with Crippen molar-refractivity contribution in [1.29, 1.82) is 0 Å². The van der Waals surface area contributed by atoms with Crippen LogP contribution in [0.5, 0.6) is 0 Å². The van der Waals surface area contributed by atoms with Crippen molar-refractivity contribution in [3.63, 3.8) is 0 Å². The lowest BCUT2D eigenvalue weighted by Crippen LogP contribution is -2.44. The van der Waals surface area contributed by atoms with E-state index in [-0.39, 0.29) is 1.43 Å². The lowest BCUT2D eigenvalue weighted by molar-refractivity contribution is 0.133. The summed E-state index contributed by atoms with van der Waals surface area (Å²) in [5.41, 5.74) is 2.69. The van der Waals surface area contributed by atoms with Crippen LogP contribution in [0.3, 0.4) is 0 Å². The van der Waals surface area contributed by atoms with Crippen molar-refractivity contribution >= 4 is 5.69 Å². The topological polar surface area (TPSA) is 27.7 Å². The molecule has 1 N–H and O–H groups in total. The van der Waals surface area contributed by atoms with Gasteiger partial charge in [0.05, 0.1) is 6.61 Å². The van der Waals surface area contributed by atoms with Crippen LogP contribution in [0, 0.1) is 0 Å². The zero-order chi connectivity index (χ0) is 15.6. The molecule has 1 aliphatic heterocycles. The van der Waals surface area contributed by atoms with Crippen molar-refractivity contribution in [2.24, 2.45) is 0 Å². The highest BCUT2D eigenvalue weighted by atomic mass is 16.5. The maximum absolute atomic E-state index is 5.55. The van der Waals surface area contributed by atoms with E-state index in [9.17, 15) is 0 Å². The largest absolute Gasteiger partial charge is 0.380 e. The molecule has 0 saturated carbocycles. The van der Waals surface area contributed by atoms with Crippen molar-refractivity contribution in [1.82, 2.24) is 10.2 Å². The SMILES string of the molecule is CCCCOCCNCc1ccc(N2CCN(C)CC2)cc1.[HH]. The van der Waals surface area contributed by atoms with Crippen molar-refractivity contribution in [3.05, 3.63) is 29.8 Å². The molecule has 1 aliphatic rings. The molecule has 4 nitrogen and oxygen atoms in total. The Labute approximate surface area is 136 Å². The predicted octanol–water partition coefficient (Wildman–Crippen LogP) is 2.59. The average Bonchev–Trinajstić information content (AvgIpc) is 2.55. The Morgan fingerprint density at radius 3 is 2.50 bits per heavy atom. The number of unbranched alkanes of at least 4 members (excludes halogenated alkanes) is 1. The summed E-state index contributed by atoms with van der Waals surface area (Å²) in [4.78, 5) is 4.86. The molecule has 1 saturated heterocycles. The van der Waals surface area contributed by atoms with Gasteiger partial charge in [-0.3, -0.25) is 0 Å². The second-order valence-corrected chi connectivity index (χ2v) is 6.10. The molecule has 0 atom stereocenters. The standard InChI is InChI=1S/C18H31N3O.H2/c1-3-4-14-22-15-9-19-16-17-5-7-18(8-6-17)21-12-10-20(2)11-13-21;/h5-8,19H,3-4,9-16H2,1-2H3;1H. The van der Waals surface area contributed by atoms with Crippen LogP contribution in [0.15, 0.2) is 24.3 Å². The molecule has 0 bridgehead atoms. The van der Waals surface area contributed by atoms with E-state index in [2.05, 4.69) is 53.4 Å². The summed E-state index contributed by atoms with van der Waals surface area (Å²) in [7, 11) is 2.19. The van der Waals surface area contributed by atoms with Crippen LogP contribution in [0.2, 0.25) is 0 Å². The van der Waals surface area contributed by atoms with E-state index in [1.54, 1.807) is 0 Å². The Kier molecular flexibility index (Phi) is 7.71. The maximum Gasteiger partial charge on any atom is 0.0591 e. The molecule has 0 unspecified atom stereocenters. The van der Waals surface area contributed by atoms with Gasteiger partial charge in [-0.1, -0.05) is 25.5 Å². The minimum Gasteiger partial charge on any atom is -0.380 e. The maximum atomic E-state index is 5.55. The third-order valence-electron chi connectivity index (χ3n) is 4.20. The van der Waals surface area contributed by atoms with Gasteiger partial charge in [-0.15, -0.1) is 0 Å². The first-order valence-electron chi connectivity index (χ1n) is 8.60. The third kappa shape index (κ3) is 5.95. The molecule has 2 rings (SSSR count). The normalized spacial score (nSPS) is 16.2. The molecular formula is C18H33N3O. The Morgan fingerprint density at radius 2 is 1.82 bits per heavy atom. The molecule has 1 aromatic rings. The number of hydrogen-bond donors (Lipinski definition) is 1. The van der Waals surface area contributed by atoms with Crippen molar-refractivity contribution in [2.75, 3.05) is 57.9 Å². The second-order valence-electron chi connectivity index (χ2n) is 6.10. The van der Waals surface area contributed by atoms with Gasteiger partial charge in [0.15, 0.2) is 0 Å². The van der Waals surface area contributed by atoms with Crippen LogP contribution >= 0.6 is 0 Å². The minimum absolute atomic E-state index is 0. The Hall–Kier alpha value is -1.10. The summed E-state index contributed by atoms with van der Waals surface area (Å²) in [6, 6.07) is 8.97. The third-order valence-corrected chi connectivity index (χ3v) is 4.20. The van der Waals surface area contributed by atoms with Crippen LogP contribution < -0.4 is 10.2 Å². The molecule has 0 spiro atoms. The van der Waals surface area contributed by atoms with Gasteiger partial charge >= 0.3 is 0 Å². The van der Waals surface area contributed by atoms with Gasteiger partial charge in [-0.2, -0.15) is 0 Å². The van der Waals surface area contributed by atoms with Crippen LogP contribution in [0.1, 0.15) is 26.8 Å². The van der Waals surface area contributed by atoms with Gasteiger partial charge in [0, 0.05) is 53.0 Å². The number of anilines is 1. The van der Waals surface area contributed by atoms with Crippen LogP contribution in [0.4, 0.5) is 5.69 Å².